The Morgan fingerprint density at radius 3 is 2.80 bits per heavy atom. The predicted molar refractivity (Wildman–Crippen MR) is 57.3 cm³/mol. The minimum Gasteiger partial charge on any atom is -0.383 e. The van der Waals surface area contributed by atoms with Crippen LogP contribution in [-0.4, -0.2) is 38.3 Å². The van der Waals surface area contributed by atoms with Crippen molar-refractivity contribution in [2.24, 2.45) is 5.73 Å². The van der Waals surface area contributed by atoms with Crippen molar-refractivity contribution in [3.63, 3.8) is 0 Å². The molecule has 0 spiro atoms. The zero-order valence-corrected chi connectivity index (χ0v) is 8.82. The summed E-state index contributed by atoms with van der Waals surface area (Å²) in [5, 5.41) is 0. The maximum absolute atomic E-state index is 12.7. The van der Waals surface area contributed by atoms with Crippen LogP contribution in [0.5, 0.6) is 0 Å². The zero-order chi connectivity index (χ0) is 11.1. The van der Waals surface area contributed by atoms with Gasteiger partial charge in [0.2, 0.25) is 0 Å². The molecule has 0 radical (unpaired) electrons. The third kappa shape index (κ3) is 3.81. The van der Waals surface area contributed by atoms with Gasteiger partial charge in [0.25, 0.3) is 0 Å². The van der Waals surface area contributed by atoms with Crippen LogP contribution < -0.4 is 10.6 Å². The van der Waals surface area contributed by atoms with E-state index in [1.807, 2.05) is 4.90 Å². The Balaban J connectivity index is 2.65. The summed E-state index contributed by atoms with van der Waals surface area (Å²) in [5.74, 6) is 0.386. The van der Waals surface area contributed by atoms with E-state index in [2.05, 4.69) is 4.98 Å². The fourth-order valence-corrected chi connectivity index (χ4v) is 1.25. The average Bonchev–Trinajstić information content (AvgIpc) is 2.25. The van der Waals surface area contributed by atoms with E-state index in [1.165, 1.54) is 12.3 Å². The minimum atomic E-state index is -0.335. The Hall–Kier alpha value is -1.20. The number of hydrogen-bond donors (Lipinski definition) is 1. The number of ether oxygens (including phenoxy) is 1. The number of aromatic nitrogens is 1. The van der Waals surface area contributed by atoms with Crippen molar-refractivity contribution in [2.45, 2.75) is 0 Å². The molecule has 0 aliphatic rings. The lowest BCUT2D eigenvalue weighted by Gasteiger charge is -2.22. The monoisotopic (exact) mass is 213 g/mol. The number of nitrogens with zero attached hydrogens (tertiary/aromatic N) is 2. The first-order chi connectivity index (χ1) is 7.27. The first-order valence-electron chi connectivity index (χ1n) is 4.83. The van der Waals surface area contributed by atoms with Gasteiger partial charge in [-0.05, 0) is 12.1 Å². The molecule has 0 aliphatic heterocycles. The molecule has 1 aromatic heterocycles. The van der Waals surface area contributed by atoms with E-state index >= 15 is 0 Å². The van der Waals surface area contributed by atoms with Gasteiger partial charge in [0.05, 0.1) is 12.8 Å². The smallest absolute Gasteiger partial charge is 0.141 e. The van der Waals surface area contributed by atoms with Crippen LogP contribution in [0.2, 0.25) is 0 Å². The van der Waals surface area contributed by atoms with Crippen LogP contribution in [0, 0.1) is 5.82 Å². The van der Waals surface area contributed by atoms with E-state index in [-0.39, 0.29) is 5.82 Å². The van der Waals surface area contributed by atoms with E-state index in [4.69, 9.17) is 10.5 Å². The number of rotatable bonds is 6. The summed E-state index contributed by atoms with van der Waals surface area (Å²) in [6.07, 6.45) is 1.20. The second-order valence-corrected chi connectivity index (χ2v) is 3.10. The minimum absolute atomic E-state index is 0.335. The van der Waals surface area contributed by atoms with Crippen LogP contribution in [-0.2, 0) is 4.74 Å². The Bertz CT molecular complexity index is 279. The highest BCUT2D eigenvalue weighted by atomic mass is 19.1. The van der Waals surface area contributed by atoms with Crippen LogP contribution in [0.1, 0.15) is 0 Å². The van der Waals surface area contributed by atoms with Crippen molar-refractivity contribution in [2.75, 3.05) is 38.3 Å². The molecule has 5 heteroatoms. The second kappa shape index (κ2) is 6.31. The molecule has 0 amide bonds. The van der Waals surface area contributed by atoms with Gasteiger partial charge >= 0.3 is 0 Å². The summed E-state index contributed by atoms with van der Waals surface area (Å²) < 4.78 is 17.6. The molecule has 0 unspecified atom stereocenters. The van der Waals surface area contributed by atoms with Crippen LogP contribution in [0.4, 0.5) is 10.2 Å². The standard InChI is InChI=1S/C10H16FN3O/c1-15-7-6-14(5-4-12)10-3-2-9(11)8-13-10/h2-3,8H,4-7,12H2,1H3. The third-order valence-electron chi connectivity index (χ3n) is 2.00. The summed E-state index contributed by atoms with van der Waals surface area (Å²) in [6, 6.07) is 3.03. The second-order valence-electron chi connectivity index (χ2n) is 3.10. The number of pyridine rings is 1. The Morgan fingerprint density at radius 1 is 1.47 bits per heavy atom. The van der Waals surface area contributed by atoms with E-state index < -0.39 is 0 Å². The van der Waals surface area contributed by atoms with Gasteiger partial charge in [-0.3, -0.25) is 0 Å². The molecule has 1 heterocycles. The van der Waals surface area contributed by atoms with E-state index in [9.17, 15) is 4.39 Å². The molecular weight excluding hydrogens is 197 g/mol. The first kappa shape index (κ1) is 11.9. The van der Waals surface area contributed by atoms with Gasteiger partial charge in [-0.15, -0.1) is 0 Å². The molecule has 0 saturated carbocycles. The highest BCUT2D eigenvalue weighted by Gasteiger charge is 2.06. The summed E-state index contributed by atoms with van der Waals surface area (Å²) in [6.45, 7) is 2.51. The van der Waals surface area contributed by atoms with Crippen LogP contribution in [0.3, 0.4) is 0 Å². The first-order valence-corrected chi connectivity index (χ1v) is 4.83. The van der Waals surface area contributed by atoms with Gasteiger partial charge in [-0.2, -0.15) is 0 Å². The van der Waals surface area contributed by atoms with Crippen molar-refractivity contribution >= 4 is 5.82 Å². The molecule has 15 heavy (non-hydrogen) atoms. The van der Waals surface area contributed by atoms with Crippen molar-refractivity contribution in [3.05, 3.63) is 24.1 Å². The van der Waals surface area contributed by atoms with Crippen LogP contribution in [0.15, 0.2) is 18.3 Å². The maximum Gasteiger partial charge on any atom is 0.141 e. The summed E-state index contributed by atoms with van der Waals surface area (Å²) in [7, 11) is 1.64. The molecule has 84 valence electrons. The van der Waals surface area contributed by atoms with Gasteiger partial charge < -0.3 is 15.4 Å². The Labute approximate surface area is 88.9 Å². The summed E-state index contributed by atoms with van der Waals surface area (Å²) in [5.41, 5.74) is 5.48. The van der Waals surface area contributed by atoms with Crippen LogP contribution in [0.25, 0.3) is 0 Å². The summed E-state index contributed by atoms with van der Waals surface area (Å²) in [4.78, 5) is 5.95. The fraction of sp³-hybridized carbons (Fsp3) is 0.500. The molecule has 2 N–H and O–H groups in total. The highest BCUT2D eigenvalue weighted by molar-refractivity contribution is 5.37. The highest BCUT2D eigenvalue weighted by Crippen LogP contribution is 2.09. The lowest BCUT2D eigenvalue weighted by Crippen LogP contribution is -2.32. The van der Waals surface area contributed by atoms with Crippen molar-refractivity contribution in [3.8, 4) is 0 Å². The van der Waals surface area contributed by atoms with E-state index in [0.29, 0.717) is 26.2 Å². The molecule has 0 bridgehead atoms. The van der Waals surface area contributed by atoms with Gasteiger partial charge in [-0.25, -0.2) is 9.37 Å². The van der Waals surface area contributed by atoms with E-state index in [1.54, 1.807) is 13.2 Å². The number of methoxy groups -OCH3 is 1. The van der Waals surface area contributed by atoms with Gasteiger partial charge in [0.1, 0.15) is 11.6 Å². The lowest BCUT2D eigenvalue weighted by molar-refractivity contribution is 0.205. The molecular formula is C10H16FN3O. The number of nitrogens with two attached hydrogens (primary N) is 1. The third-order valence-corrected chi connectivity index (χ3v) is 2.00. The molecule has 1 rings (SSSR count). The molecule has 0 aliphatic carbocycles. The lowest BCUT2D eigenvalue weighted by atomic mass is 10.4. The predicted octanol–water partition coefficient (Wildman–Crippen LogP) is 0.632. The maximum atomic E-state index is 12.7. The SMILES string of the molecule is COCCN(CCN)c1ccc(F)cn1. The summed E-state index contributed by atoms with van der Waals surface area (Å²) >= 11 is 0. The normalized spacial score (nSPS) is 10.3. The topological polar surface area (TPSA) is 51.4 Å². The number of halogens is 1. The fourth-order valence-electron chi connectivity index (χ4n) is 1.25. The van der Waals surface area contributed by atoms with Crippen molar-refractivity contribution < 1.29 is 9.13 Å². The van der Waals surface area contributed by atoms with Crippen molar-refractivity contribution in [1.82, 2.24) is 4.98 Å². The molecule has 0 fully saturated rings. The zero-order valence-electron chi connectivity index (χ0n) is 8.82. The largest absolute Gasteiger partial charge is 0.383 e. The molecule has 1 aromatic rings. The molecule has 0 atom stereocenters. The number of hydrogen-bond acceptors (Lipinski definition) is 4. The molecule has 4 nitrogen and oxygen atoms in total. The number of anilines is 1. The quantitative estimate of drug-likeness (QED) is 0.753. The van der Waals surface area contributed by atoms with Crippen molar-refractivity contribution in [1.29, 1.82) is 0 Å². The van der Waals surface area contributed by atoms with Gasteiger partial charge in [0.15, 0.2) is 0 Å². The molecule has 0 saturated heterocycles. The van der Waals surface area contributed by atoms with Gasteiger partial charge in [-0.1, -0.05) is 0 Å². The Morgan fingerprint density at radius 2 is 2.27 bits per heavy atom. The van der Waals surface area contributed by atoms with Gasteiger partial charge in [0, 0.05) is 26.7 Å². The molecule has 0 aromatic carbocycles. The Kier molecular flexibility index (Phi) is 5.00. The van der Waals surface area contributed by atoms with Crippen LogP contribution >= 0.6 is 0 Å². The van der Waals surface area contributed by atoms with E-state index in [0.717, 1.165) is 5.82 Å². The average molecular weight is 213 g/mol.